The molecule has 0 aliphatic carbocycles. The van der Waals surface area contributed by atoms with Gasteiger partial charge in [0.1, 0.15) is 12.4 Å². The molecule has 0 saturated carbocycles. The van der Waals surface area contributed by atoms with Crippen LogP contribution >= 0.6 is 27.5 Å². The molecule has 2 aromatic rings. The van der Waals surface area contributed by atoms with Crippen molar-refractivity contribution in [1.29, 1.82) is 0 Å². The molecule has 2 nitrogen and oxygen atoms in total. The van der Waals surface area contributed by atoms with E-state index in [1.165, 1.54) is 0 Å². The molecule has 0 heterocycles. The second kappa shape index (κ2) is 6.94. The van der Waals surface area contributed by atoms with E-state index < -0.39 is 6.10 Å². The van der Waals surface area contributed by atoms with Gasteiger partial charge in [0.25, 0.3) is 0 Å². The fourth-order valence-corrected chi connectivity index (χ4v) is 2.23. The lowest BCUT2D eigenvalue weighted by Crippen LogP contribution is -2.04. The quantitative estimate of drug-likeness (QED) is 0.822. The third-order valence-electron chi connectivity index (χ3n) is 2.72. The Bertz CT molecular complexity index is 531. The van der Waals surface area contributed by atoms with Crippen molar-refractivity contribution in [3.63, 3.8) is 0 Å². The standard InChI is InChI=1S/C15H14BrClO2/c16-12-6-7-13(14(18)9-17)15(8-12)19-10-11-4-2-1-3-5-11/h1-8,14,18H,9-10H2. The van der Waals surface area contributed by atoms with E-state index in [9.17, 15) is 5.11 Å². The zero-order chi connectivity index (χ0) is 13.7. The van der Waals surface area contributed by atoms with E-state index in [-0.39, 0.29) is 5.88 Å². The fourth-order valence-electron chi connectivity index (χ4n) is 1.73. The Morgan fingerprint density at radius 1 is 1.16 bits per heavy atom. The molecule has 1 N–H and O–H groups in total. The summed E-state index contributed by atoms with van der Waals surface area (Å²) < 4.78 is 6.68. The van der Waals surface area contributed by atoms with Crippen LogP contribution in [0.3, 0.4) is 0 Å². The minimum absolute atomic E-state index is 0.142. The Kier molecular flexibility index (Phi) is 5.25. The summed E-state index contributed by atoms with van der Waals surface area (Å²) in [5.74, 6) is 0.787. The van der Waals surface area contributed by atoms with Gasteiger partial charge in [0, 0.05) is 10.0 Å². The lowest BCUT2D eigenvalue weighted by molar-refractivity contribution is 0.193. The van der Waals surface area contributed by atoms with Gasteiger partial charge >= 0.3 is 0 Å². The molecule has 19 heavy (non-hydrogen) atoms. The smallest absolute Gasteiger partial charge is 0.126 e. The summed E-state index contributed by atoms with van der Waals surface area (Å²) >= 11 is 9.10. The number of aliphatic hydroxyl groups is 1. The highest BCUT2D eigenvalue weighted by molar-refractivity contribution is 9.10. The van der Waals surface area contributed by atoms with Crippen LogP contribution in [-0.4, -0.2) is 11.0 Å². The van der Waals surface area contributed by atoms with Crippen molar-refractivity contribution in [3.05, 3.63) is 64.1 Å². The Labute approximate surface area is 126 Å². The van der Waals surface area contributed by atoms with E-state index in [0.717, 1.165) is 10.0 Å². The van der Waals surface area contributed by atoms with Crippen LogP contribution in [0.15, 0.2) is 53.0 Å². The average Bonchev–Trinajstić information content (AvgIpc) is 2.45. The van der Waals surface area contributed by atoms with E-state index in [2.05, 4.69) is 15.9 Å². The number of halogens is 2. The Balaban J connectivity index is 2.16. The van der Waals surface area contributed by atoms with Gasteiger partial charge in [-0.3, -0.25) is 0 Å². The summed E-state index contributed by atoms with van der Waals surface area (Å²) in [6.45, 7) is 0.458. The zero-order valence-electron chi connectivity index (χ0n) is 10.2. The Morgan fingerprint density at radius 2 is 1.89 bits per heavy atom. The highest BCUT2D eigenvalue weighted by atomic mass is 79.9. The number of rotatable bonds is 5. The van der Waals surface area contributed by atoms with Gasteiger partial charge in [-0.2, -0.15) is 0 Å². The van der Waals surface area contributed by atoms with Gasteiger partial charge in [-0.1, -0.05) is 52.3 Å². The molecule has 4 heteroatoms. The van der Waals surface area contributed by atoms with Crippen molar-refractivity contribution in [3.8, 4) is 5.75 Å². The van der Waals surface area contributed by atoms with Crippen LogP contribution in [0.2, 0.25) is 0 Å². The van der Waals surface area contributed by atoms with Gasteiger partial charge in [-0.25, -0.2) is 0 Å². The minimum atomic E-state index is -0.722. The normalized spacial score (nSPS) is 12.2. The molecule has 0 aliphatic heterocycles. The summed E-state index contributed by atoms with van der Waals surface area (Å²) in [6, 6.07) is 15.4. The fraction of sp³-hybridized carbons (Fsp3) is 0.200. The van der Waals surface area contributed by atoms with Gasteiger partial charge in [-0.15, -0.1) is 11.6 Å². The maximum absolute atomic E-state index is 9.87. The maximum atomic E-state index is 9.87. The molecule has 2 rings (SSSR count). The number of hydrogen-bond donors (Lipinski definition) is 1. The predicted molar refractivity (Wildman–Crippen MR) is 80.6 cm³/mol. The molecule has 100 valence electrons. The van der Waals surface area contributed by atoms with Crippen molar-refractivity contribution in [2.75, 3.05) is 5.88 Å². The SMILES string of the molecule is OC(CCl)c1ccc(Br)cc1OCc1ccccc1. The third-order valence-corrected chi connectivity index (χ3v) is 3.50. The van der Waals surface area contributed by atoms with Crippen LogP contribution in [0.5, 0.6) is 5.75 Å². The summed E-state index contributed by atoms with van der Waals surface area (Å²) in [7, 11) is 0. The summed E-state index contributed by atoms with van der Waals surface area (Å²) in [4.78, 5) is 0. The molecule has 0 spiro atoms. The molecule has 0 radical (unpaired) electrons. The Morgan fingerprint density at radius 3 is 2.58 bits per heavy atom. The first-order chi connectivity index (χ1) is 9.20. The maximum Gasteiger partial charge on any atom is 0.126 e. The van der Waals surface area contributed by atoms with Gasteiger partial charge in [-0.05, 0) is 17.7 Å². The molecule has 1 unspecified atom stereocenters. The van der Waals surface area contributed by atoms with Crippen LogP contribution < -0.4 is 4.74 Å². The van der Waals surface area contributed by atoms with Gasteiger partial charge in [0.05, 0.1) is 12.0 Å². The molecule has 0 amide bonds. The molecule has 0 aliphatic rings. The summed E-state index contributed by atoms with van der Waals surface area (Å²) in [6.07, 6.45) is -0.722. The first kappa shape index (κ1) is 14.4. The number of alkyl halides is 1. The highest BCUT2D eigenvalue weighted by Gasteiger charge is 2.13. The topological polar surface area (TPSA) is 29.5 Å². The molecule has 2 aromatic carbocycles. The third kappa shape index (κ3) is 3.96. The molecule has 0 aromatic heterocycles. The van der Waals surface area contributed by atoms with E-state index >= 15 is 0 Å². The van der Waals surface area contributed by atoms with Gasteiger partial charge in [0.15, 0.2) is 0 Å². The molecular weight excluding hydrogens is 328 g/mol. The second-order valence-electron chi connectivity index (χ2n) is 4.13. The zero-order valence-corrected chi connectivity index (χ0v) is 12.6. The van der Waals surface area contributed by atoms with E-state index in [4.69, 9.17) is 16.3 Å². The molecule has 0 fully saturated rings. The van der Waals surface area contributed by atoms with Crippen LogP contribution in [-0.2, 0) is 6.61 Å². The van der Waals surface area contributed by atoms with E-state index in [1.807, 2.05) is 48.5 Å². The Hall–Kier alpha value is -1.03. The van der Waals surface area contributed by atoms with Crippen molar-refractivity contribution in [2.45, 2.75) is 12.7 Å². The highest BCUT2D eigenvalue weighted by Crippen LogP contribution is 2.30. The van der Waals surface area contributed by atoms with Crippen LogP contribution in [0.4, 0.5) is 0 Å². The lowest BCUT2D eigenvalue weighted by atomic mass is 10.1. The average molecular weight is 342 g/mol. The van der Waals surface area contributed by atoms with Crippen molar-refractivity contribution in [1.82, 2.24) is 0 Å². The molecule has 0 bridgehead atoms. The summed E-state index contributed by atoms with van der Waals surface area (Å²) in [5.41, 5.74) is 1.78. The van der Waals surface area contributed by atoms with Crippen molar-refractivity contribution in [2.24, 2.45) is 0 Å². The van der Waals surface area contributed by atoms with Crippen LogP contribution in [0, 0.1) is 0 Å². The number of benzene rings is 2. The van der Waals surface area contributed by atoms with E-state index in [1.54, 1.807) is 0 Å². The van der Waals surface area contributed by atoms with Crippen molar-refractivity contribution < 1.29 is 9.84 Å². The number of ether oxygens (including phenoxy) is 1. The predicted octanol–water partition coefficient (Wildman–Crippen LogP) is 4.30. The van der Waals surface area contributed by atoms with E-state index in [0.29, 0.717) is 17.9 Å². The minimum Gasteiger partial charge on any atom is -0.488 e. The first-order valence-electron chi connectivity index (χ1n) is 5.91. The number of aliphatic hydroxyl groups excluding tert-OH is 1. The van der Waals surface area contributed by atoms with Crippen LogP contribution in [0.1, 0.15) is 17.2 Å². The van der Waals surface area contributed by atoms with Gasteiger partial charge < -0.3 is 9.84 Å². The first-order valence-corrected chi connectivity index (χ1v) is 7.23. The molecular formula is C15H14BrClO2. The number of hydrogen-bond acceptors (Lipinski definition) is 2. The lowest BCUT2D eigenvalue weighted by Gasteiger charge is -2.15. The van der Waals surface area contributed by atoms with Crippen LogP contribution in [0.25, 0.3) is 0 Å². The van der Waals surface area contributed by atoms with Crippen molar-refractivity contribution >= 4 is 27.5 Å². The molecule has 0 saturated heterocycles. The van der Waals surface area contributed by atoms with Gasteiger partial charge in [0.2, 0.25) is 0 Å². The molecule has 1 atom stereocenters. The summed E-state index contributed by atoms with van der Waals surface area (Å²) in [5, 5.41) is 9.87. The largest absolute Gasteiger partial charge is 0.488 e. The second-order valence-corrected chi connectivity index (χ2v) is 5.35. The monoisotopic (exact) mass is 340 g/mol.